The molecule has 2 N–H and O–H groups in total. The fourth-order valence-corrected chi connectivity index (χ4v) is 2.98. The highest BCUT2D eigenvalue weighted by molar-refractivity contribution is 7.99. The molecule has 0 heterocycles. The SMILES string of the molecule is CSCC(=O)NCCNS(=O)(=O)c1cccc(Cl)c1. The molecule has 0 spiro atoms. The van der Waals surface area contributed by atoms with Gasteiger partial charge >= 0.3 is 0 Å². The third kappa shape index (κ3) is 5.82. The van der Waals surface area contributed by atoms with Crippen molar-refractivity contribution in [3.05, 3.63) is 29.3 Å². The van der Waals surface area contributed by atoms with Crippen LogP contribution < -0.4 is 10.0 Å². The quantitative estimate of drug-likeness (QED) is 0.737. The third-order valence-corrected chi connectivity index (χ3v) is 4.37. The maximum Gasteiger partial charge on any atom is 0.240 e. The summed E-state index contributed by atoms with van der Waals surface area (Å²) in [6.07, 6.45) is 1.82. The first-order valence-corrected chi connectivity index (χ1v) is 8.72. The van der Waals surface area contributed by atoms with Crippen LogP contribution in [0.2, 0.25) is 5.02 Å². The van der Waals surface area contributed by atoms with Gasteiger partial charge in [-0.1, -0.05) is 17.7 Å². The number of hydrogen-bond acceptors (Lipinski definition) is 4. The van der Waals surface area contributed by atoms with Crippen molar-refractivity contribution in [1.82, 2.24) is 10.0 Å². The molecule has 8 heteroatoms. The summed E-state index contributed by atoms with van der Waals surface area (Å²) >= 11 is 7.14. The van der Waals surface area contributed by atoms with Gasteiger partial charge in [0, 0.05) is 18.1 Å². The fraction of sp³-hybridized carbons (Fsp3) is 0.364. The van der Waals surface area contributed by atoms with Crippen molar-refractivity contribution >= 4 is 39.3 Å². The van der Waals surface area contributed by atoms with Crippen LogP contribution in [0.3, 0.4) is 0 Å². The Morgan fingerprint density at radius 2 is 2.11 bits per heavy atom. The first kappa shape index (κ1) is 16.3. The maximum atomic E-state index is 11.9. The molecule has 0 saturated heterocycles. The molecule has 0 aromatic heterocycles. The van der Waals surface area contributed by atoms with Gasteiger partial charge in [0.15, 0.2) is 0 Å². The van der Waals surface area contributed by atoms with Gasteiger partial charge in [0.25, 0.3) is 0 Å². The minimum atomic E-state index is -3.58. The van der Waals surface area contributed by atoms with Crippen molar-refractivity contribution in [3.8, 4) is 0 Å². The molecule has 0 aliphatic carbocycles. The zero-order valence-corrected chi connectivity index (χ0v) is 12.7. The minimum absolute atomic E-state index is 0.107. The van der Waals surface area contributed by atoms with Crippen molar-refractivity contribution < 1.29 is 13.2 Å². The summed E-state index contributed by atoms with van der Waals surface area (Å²) in [5.41, 5.74) is 0. The standard InChI is InChI=1S/C11H15ClN2O3S2/c1-18-8-11(15)13-5-6-14-19(16,17)10-4-2-3-9(12)7-10/h2-4,7,14H,5-6,8H2,1H3,(H,13,15). The van der Waals surface area contributed by atoms with Crippen LogP contribution in [0.15, 0.2) is 29.2 Å². The number of rotatable bonds is 7. The van der Waals surface area contributed by atoms with Gasteiger partial charge in [-0.05, 0) is 24.5 Å². The lowest BCUT2D eigenvalue weighted by Crippen LogP contribution is -2.35. The molecule has 0 aliphatic heterocycles. The van der Waals surface area contributed by atoms with E-state index in [1.165, 1.54) is 23.9 Å². The Kier molecular flexibility index (Phi) is 6.64. The van der Waals surface area contributed by atoms with Gasteiger partial charge in [-0.3, -0.25) is 4.79 Å². The molecule has 0 atom stereocenters. The Morgan fingerprint density at radius 3 is 2.74 bits per heavy atom. The molecule has 0 saturated carbocycles. The van der Waals surface area contributed by atoms with Crippen molar-refractivity contribution in [2.75, 3.05) is 25.1 Å². The van der Waals surface area contributed by atoms with E-state index in [9.17, 15) is 13.2 Å². The number of hydrogen-bond donors (Lipinski definition) is 2. The number of amides is 1. The fourth-order valence-electron chi connectivity index (χ4n) is 1.29. The van der Waals surface area contributed by atoms with E-state index in [0.717, 1.165) is 0 Å². The van der Waals surface area contributed by atoms with Crippen LogP contribution in [0.4, 0.5) is 0 Å². The van der Waals surface area contributed by atoms with Gasteiger partial charge in [0.05, 0.1) is 10.6 Å². The zero-order valence-electron chi connectivity index (χ0n) is 10.3. The Morgan fingerprint density at radius 1 is 1.37 bits per heavy atom. The zero-order chi connectivity index (χ0) is 14.3. The van der Waals surface area contributed by atoms with Crippen LogP contribution in [0.1, 0.15) is 0 Å². The molecule has 0 radical (unpaired) electrons. The van der Waals surface area contributed by atoms with Crippen molar-refractivity contribution in [3.63, 3.8) is 0 Å². The molecule has 19 heavy (non-hydrogen) atoms. The molecular formula is C11H15ClN2O3S2. The monoisotopic (exact) mass is 322 g/mol. The van der Waals surface area contributed by atoms with Crippen molar-refractivity contribution in [2.24, 2.45) is 0 Å². The number of thioether (sulfide) groups is 1. The number of benzene rings is 1. The molecule has 1 aromatic rings. The largest absolute Gasteiger partial charge is 0.354 e. The lowest BCUT2D eigenvalue weighted by atomic mass is 10.4. The van der Waals surface area contributed by atoms with Gasteiger partial charge in [-0.25, -0.2) is 13.1 Å². The molecule has 1 rings (SSSR count). The van der Waals surface area contributed by atoms with E-state index in [1.807, 2.05) is 6.26 Å². The first-order valence-electron chi connectivity index (χ1n) is 5.46. The van der Waals surface area contributed by atoms with E-state index >= 15 is 0 Å². The number of carbonyl (C=O) groups is 1. The number of sulfonamides is 1. The van der Waals surface area contributed by atoms with Gasteiger partial charge < -0.3 is 5.32 Å². The lowest BCUT2D eigenvalue weighted by molar-refractivity contribution is -0.118. The van der Waals surface area contributed by atoms with E-state index in [1.54, 1.807) is 12.1 Å². The van der Waals surface area contributed by atoms with Crippen LogP contribution in [0, 0.1) is 0 Å². The molecule has 5 nitrogen and oxygen atoms in total. The van der Waals surface area contributed by atoms with Gasteiger partial charge in [0.1, 0.15) is 0 Å². The van der Waals surface area contributed by atoms with E-state index in [0.29, 0.717) is 10.8 Å². The maximum absolute atomic E-state index is 11.9. The van der Waals surface area contributed by atoms with Gasteiger partial charge in [-0.2, -0.15) is 11.8 Å². The normalized spacial score (nSPS) is 11.3. The Hall–Kier alpha value is -0.760. The molecular weight excluding hydrogens is 308 g/mol. The van der Waals surface area contributed by atoms with Crippen LogP contribution in [0.25, 0.3) is 0 Å². The lowest BCUT2D eigenvalue weighted by Gasteiger charge is -2.08. The predicted molar refractivity (Wildman–Crippen MR) is 78.0 cm³/mol. The van der Waals surface area contributed by atoms with E-state index < -0.39 is 10.0 Å². The smallest absolute Gasteiger partial charge is 0.240 e. The van der Waals surface area contributed by atoms with E-state index in [-0.39, 0.29) is 23.9 Å². The second kappa shape index (κ2) is 7.74. The molecule has 1 aromatic carbocycles. The Bertz CT molecular complexity index is 534. The number of nitrogens with one attached hydrogen (secondary N) is 2. The third-order valence-electron chi connectivity index (χ3n) is 2.12. The highest BCUT2D eigenvalue weighted by Crippen LogP contribution is 2.14. The summed E-state index contributed by atoms with van der Waals surface area (Å²) in [6, 6.07) is 6.00. The van der Waals surface area contributed by atoms with E-state index in [4.69, 9.17) is 11.6 Å². The Labute approximate surface area is 122 Å². The minimum Gasteiger partial charge on any atom is -0.354 e. The summed E-state index contributed by atoms with van der Waals surface area (Å²) in [6.45, 7) is 0.383. The summed E-state index contributed by atoms with van der Waals surface area (Å²) in [5, 5.41) is 2.96. The van der Waals surface area contributed by atoms with Crippen molar-refractivity contribution in [1.29, 1.82) is 0 Å². The summed E-state index contributed by atoms with van der Waals surface area (Å²) in [4.78, 5) is 11.3. The molecule has 106 valence electrons. The molecule has 0 bridgehead atoms. The first-order chi connectivity index (χ1) is 8.95. The second-order valence-electron chi connectivity index (χ2n) is 3.64. The molecule has 0 fully saturated rings. The summed E-state index contributed by atoms with van der Waals surface area (Å²) in [5.74, 6) is 0.246. The highest BCUT2D eigenvalue weighted by atomic mass is 35.5. The van der Waals surface area contributed by atoms with E-state index in [2.05, 4.69) is 10.0 Å². The molecule has 0 unspecified atom stereocenters. The molecule has 0 aliphatic rings. The number of carbonyl (C=O) groups excluding carboxylic acids is 1. The Balaban J connectivity index is 2.46. The van der Waals surface area contributed by atoms with Gasteiger partial charge in [0.2, 0.25) is 15.9 Å². The van der Waals surface area contributed by atoms with Crippen LogP contribution in [0.5, 0.6) is 0 Å². The molecule has 1 amide bonds. The number of halogens is 1. The predicted octanol–water partition coefficient (Wildman–Crippen LogP) is 1.10. The van der Waals surface area contributed by atoms with Crippen LogP contribution in [-0.2, 0) is 14.8 Å². The average molecular weight is 323 g/mol. The highest BCUT2D eigenvalue weighted by Gasteiger charge is 2.13. The summed E-state index contributed by atoms with van der Waals surface area (Å²) < 4.78 is 26.1. The average Bonchev–Trinajstić information content (AvgIpc) is 2.35. The second-order valence-corrected chi connectivity index (χ2v) is 6.71. The van der Waals surface area contributed by atoms with Crippen molar-refractivity contribution in [2.45, 2.75) is 4.90 Å². The topological polar surface area (TPSA) is 75.3 Å². The van der Waals surface area contributed by atoms with Crippen LogP contribution >= 0.6 is 23.4 Å². The van der Waals surface area contributed by atoms with Gasteiger partial charge in [-0.15, -0.1) is 0 Å². The van der Waals surface area contributed by atoms with Crippen LogP contribution in [-0.4, -0.2) is 39.4 Å². The summed E-state index contributed by atoms with van der Waals surface area (Å²) in [7, 11) is -3.58.